The number of nitrogens with one attached hydrogen (secondary N) is 1. The Labute approximate surface area is 171 Å². The van der Waals surface area contributed by atoms with Gasteiger partial charge in [-0.25, -0.2) is 9.79 Å². The van der Waals surface area contributed by atoms with Crippen LogP contribution in [0.4, 0.5) is 5.69 Å². The first-order chi connectivity index (χ1) is 13.8. The summed E-state index contributed by atoms with van der Waals surface area (Å²) in [5, 5.41) is 12.1. The topological polar surface area (TPSA) is 105 Å². The number of carboxylic acid groups (broad SMARTS) is 1. The van der Waals surface area contributed by atoms with Crippen LogP contribution in [-0.2, 0) is 9.59 Å². The largest absolute Gasteiger partial charge is 0.479 e. The molecular weight excluding hydrogens is 392 g/mol. The van der Waals surface area contributed by atoms with Crippen LogP contribution in [-0.4, -0.2) is 34.0 Å². The third-order valence-corrected chi connectivity index (χ3v) is 4.88. The molecular formula is C21H18N2O5S. The molecule has 1 amide bonds. The van der Waals surface area contributed by atoms with Crippen molar-refractivity contribution in [3.63, 3.8) is 0 Å². The van der Waals surface area contributed by atoms with Gasteiger partial charge in [-0.2, -0.15) is 0 Å². The molecule has 2 aromatic carbocycles. The van der Waals surface area contributed by atoms with E-state index in [-0.39, 0.29) is 11.7 Å². The van der Waals surface area contributed by atoms with E-state index in [1.807, 2.05) is 0 Å². The fourth-order valence-electron chi connectivity index (χ4n) is 2.45. The average Bonchev–Trinajstić information content (AvgIpc) is 3.01. The van der Waals surface area contributed by atoms with Crippen LogP contribution in [0.25, 0.3) is 6.08 Å². The third-order valence-electron chi connectivity index (χ3n) is 3.97. The molecule has 1 heterocycles. The average molecular weight is 410 g/mol. The zero-order valence-corrected chi connectivity index (χ0v) is 16.5. The normalized spacial score (nSPS) is 17.2. The van der Waals surface area contributed by atoms with Gasteiger partial charge >= 0.3 is 5.97 Å². The van der Waals surface area contributed by atoms with Crippen LogP contribution >= 0.6 is 11.8 Å². The van der Waals surface area contributed by atoms with E-state index in [2.05, 4.69) is 10.3 Å². The lowest BCUT2D eigenvalue weighted by atomic mass is 10.1. The van der Waals surface area contributed by atoms with Crippen molar-refractivity contribution in [3.8, 4) is 5.75 Å². The fourth-order valence-corrected chi connectivity index (χ4v) is 3.29. The highest BCUT2D eigenvalue weighted by Gasteiger charge is 2.24. The van der Waals surface area contributed by atoms with Gasteiger partial charge in [-0.15, -0.1) is 0 Å². The maximum Gasteiger partial charge on any atom is 0.344 e. The number of carbonyl (C=O) groups is 3. The first-order valence-electron chi connectivity index (χ1n) is 8.72. The molecule has 7 nitrogen and oxygen atoms in total. The molecule has 2 N–H and O–H groups in total. The predicted molar refractivity (Wildman–Crippen MR) is 111 cm³/mol. The minimum absolute atomic E-state index is 0.0260. The highest BCUT2D eigenvalue weighted by Crippen LogP contribution is 2.29. The number of hydrogen-bond acceptors (Lipinski definition) is 6. The molecule has 0 aliphatic carbocycles. The van der Waals surface area contributed by atoms with Crippen molar-refractivity contribution >= 4 is 46.4 Å². The number of carboxylic acids is 1. The number of Topliss-reactive ketones (excluding diaryl/α,β-unsaturated/α-hetero) is 1. The van der Waals surface area contributed by atoms with Crippen molar-refractivity contribution in [3.05, 3.63) is 64.6 Å². The van der Waals surface area contributed by atoms with E-state index in [4.69, 9.17) is 9.84 Å². The molecule has 0 aromatic heterocycles. The zero-order chi connectivity index (χ0) is 21.0. The molecule has 1 unspecified atom stereocenters. The van der Waals surface area contributed by atoms with Crippen molar-refractivity contribution < 1.29 is 24.2 Å². The molecule has 1 aliphatic heterocycles. The van der Waals surface area contributed by atoms with Gasteiger partial charge in [0, 0.05) is 5.56 Å². The van der Waals surface area contributed by atoms with Crippen LogP contribution in [0, 0.1) is 0 Å². The Balaban J connectivity index is 1.75. The first kappa shape index (κ1) is 20.3. The van der Waals surface area contributed by atoms with E-state index in [9.17, 15) is 14.4 Å². The first-order valence-corrected chi connectivity index (χ1v) is 9.53. The number of nitrogens with zero attached hydrogens (tertiary/aromatic N) is 1. The van der Waals surface area contributed by atoms with E-state index in [0.29, 0.717) is 32.6 Å². The lowest BCUT2D eigenvalue weighted by Gasteiger charge is -2.10. The number of amidine groups is 1. The van der Waals surface area contributed by atoms with Gasteiger partial charge < -0.3 is 15.2 Å². The van der Waals surface area contributed by atoms with E-state index in [1.165, 1.54) is 25.6 Å². The molecule has 0 spiro atoms. The Kier molecular flexibility index (Phi) is 6.13. The highest BCUT2D eigenvalue weighted by atomic mass is 32.2. The summed E-state index contributed by atoms with van der Waals surface area (Å²) < 4.78 is 5.35. The van der Waals surface area contributed by atoms with Crippen LogP contribution in [0.3, 0.4) is 0 Å². The molecule has 1 atom stereocenters. The second kappa shape index (κ2) is 8.74. The maximum atomic E-state index is 12.2. The molecule has 0 bridgehead atoms. The summed E-state index contributed by atoms with van der Waals surface area (Å²) in [5.41, 5.74) is 1.92. The summed E-state index contributed by atoms with van der Waals surface area (Å²) in [7, 11) is 0. The molecule has 3 rings (SSSR count). The molecule has 1 fully saturated rings. The molecule has 1 aliphatic rings. The minimum atomic E-state index is -1.06. The number of carbonyl (C=O) groups excluding carboxylic acids is 2. The summed E-state index contributed by atoms with van der Waals surface area (Å²) in [6.07, 6.45) is 0.704. The summed E-state index contributed by atoms with van der Waals surface area (Å²) in [4.78, 5) is 39.3. The van der Waals surface area contributed by atoms with Crippen LogP contribution < -0.4 is 10.1 Å². The van der Waals surface area contributed by atoms with Crippen LogP contribution in [0.2, 0.25) is 0 Å². The number of rotatable bonds is 6. The monoisotopic (exact) mass is 410 g/mol. The van der Waals surface area contributed by atoms with E-state index in [0.717, 1.165) is 0 Å². The zero-order valence-electron chi connectivity index (χ0n) is 15.7. The smallest absolute Gasteiger partial charge is 0.344 e. The number of thioether (sulfide) groups is 1. The van der Waals surface area contributed by atoms with Crippen molar-refractivity contribution in [1.29, 1.82) is 0 Å². The van der Waals surface area contributed by atoms with Gasteiger partial charge in [-0.3, -0.25) is 9.59 Å². The fraction of sp³-hybridized carbons (Fsp3) is 0.143. The van der Waals surface area contributed by atoms with E-state index in [1.54, 1.807) is 54.6 Å². The molecule has 148 valence electrons. The Morgan fingerprint density at radius 1 is 1.21 bits per heavy atom. The van der Waals surface area contributed by atoms with Gasteiger partial charge in [-0.05, 0) is 73.6 Å². The molecule has 2 aromatic rings. The van der Waals surface area contributed by atoms with Crippen molar-refractivity contribution in [2.75, 3.05) is 0 Å². The van der Waals surface area contributed by atoms with Crippen LogP contribution in [0.5, 0.6) is 5.75 Å². The Morgan fingerprint density at radius 2 is 1.93 bits per heavy atom. The number of amides is 1. The maximum absolute atomic E-state index is 12.2. The Bertz CT molecular complexity index is 1030. The quantitative estimate of drug-likeness (QED) is 0.557. The molecule has 8 heteroatoms. The van der Waals surface area contributed by atoms with Crippen molar-refractivity contribution in [2.45, 2.75) is 20.0 Å². The summed E-state index contributed by atoms with van der Waals surface area (Å²) in [6, 6.07) is 13.6. The number of aliphatic carboxylic acids is 1. The lowest BCUT2D eigenvalue weighted by Crippen LogP contribution is -2.22. The number of hydrogen-bond donors (Lipinski definition) is 2. The number of aliphatic imine (C=N–C) groups is 1. The van der Waals surface area contributed by atoms with Crippen molar-refractivity contribution in [2.24, 2.45) is 4.99 Å². The van der Waals surface area contributed by atoms with Gasteiger partial charge in [-0.1, -0.05) is 12.1 Å². The Morgan fingerprint density at radius 3 is 2.59 bits per heavy atom. The second-order valence-corrected chi connectivity index (χ2v) is 7.29. The van der Waals surface area contributed by atoms with Crippen LogP contribution in [0.1, 0.15) is 29.8 Å². The van der Waals surface area contributed by atoms with Gasteiger partial charge in [0.05, 0.1) is 10.6 Å². The van der Waals surface area contributed by atoms with Gasteiger partial charge in [0.2, 0.25) is 0 Å². The molecule has 1 saturated heterocycles. The standard InChI is InChI=1S/C21H18N2O5S/c1-12(24)15-6-8-16(9-7-15)22-21-23-19(25)18(29-21)11-14-4-3-5-17(10-14)28-13(2)20(26)27/h3-11,13H,1-2H3,(H,26,27)(H,22,23,25)/b18-11+. The Hall–Kier alpha value is -3.39. The second-order valence-electron chi connectivity index (χ2n) is 6.26. The third kappa shape index (κ3) is 5.32. The summed E-state index contributed by atoms with van der Waals surface area (Å²) in [5.74, 6) is -0.963. The number of ketones is 1. The molecule has 0 saturated carbocycles. The van der Waals surface area contributed by atoms with Crippen molar-refractivity contribution in [1.82, 2.24) is 5.32 Å². The molecule has 0 radical (unpaired) electrons. The summed E-state index contributed by atoms with van der Waals surface area (Å²) in [6.45, 7) is 2.94. The van der Waals surface area contributed by atoms with Crippen LogP contribution in [0.15, 0.2) is 58.4 Å². The van der Waals surface area contributed by atoms with Gasteiger partial charge in [0.25, 0.3) is 5.91 Å². The van der Waals surface area contributed by atoms with Gasteiger partial charge in [0.15, 0.2) is 17.1 Å². The van der Waals surface area contributed by atoms with E-state index >= 15 is 0 Å². The highest BCUT2D eigenvalue weighted by molar-refractivity contribution is 8.18. The minimum Gasteiger partial charge on any atom is -0.479 e. The number of benzene rings is 2. The lowest BCUT2D eigenvalue weighted by molar-refractivity contribution is -0.144. The molecule has 29 heavy (non-hydrogen) atoms. The number of ether oxygens (including phenoxy) is 1. The SMILES string of the molecule is CC(=O)c1ccc(N=C2NC(=O)/C(=C\c3cccc(OC(C)C(=O)O)c3)S2)cc1. The summed E-state index contributed by atoms with van der Waals surface area (Å²) >= 11 is 1.19. The predicted octanol–water partition coefficient (Wildman–Crippen LogP) is 3.63. The van der Waals surface area contributed by atoms with E-state index < -0.39 is 12.1 Å². The van der Waals surface area contributed by atoms with Gasteiger partial charge in [0.1, 0.15) is 5.75 Å².